The maximum absolute atomic E-state index is 12.4. The van der Waals surface area contributed by atoms with Gasteiger partial charge in [-0.05, 0) is 36.2 Å². The molecule has 166 valence electrons. The van der Waals surface area contributed by atoms with Gasteiger partial charge < -0.3 is 14.4 Å². The van der Waals surface area contributed by atoms with Crippen molar-refractivity contribution < 1.29 is 22.7 Å². The maximum atomic E-state index is 12.4. The monoisotopic (exact) mass is 518 g/mol. The number of aliphatic imine (C=N–C) groups is 1. The van der Waals surface area contributed by atoms with Crippen LogP contribution in [0.3, 0.4) is 0 Å². The number of halogens is 1. The largest absolute Gasteiger partial charge is 0.490 e. The molecule has 2 atom stereocenters. The number of hydrogen-bond donors (Lipinski definition) is 0. The molecule has 1 aromatic carbocycles. The highest BCUT2D eigenvalue weighted by molar-refractivity contribution is 9.10. The summed E-state index contributed by atoms with van der Waals surface area (Å²) in [5.41, 5.74) is 0.723. The van der Waals surface area contributed by atoms with E-state index in [1.165, 1.54) is 11.8 Å². The Bertz CT molecular complexity index is 935. The van der Waals surface area contributed by atoms with E-state index in [1.807, 2.05) is 37.8 Å². The van der Waals surface area contributed by atoms with Crippen LogP contribution in [0.1, 0.15) is 40.0 Å². The van der Waals surface area contributed by atoms with Crippen LogP contribution in [0.25, 0.3) is 0 Å². The lowest BCUT2D eigenvalue weighted by molar-refractivity contribution is -0.117. The van der Waals surface area contributed by atoms with Crippen molar-refractivity contribution in [1.82, 2.24) is 0 Å². The van der Waals surface area contributed by atoms with E-state index in [4.69, 9.17) is 9.47 Å². The number of hydrogen-bond acceptors (Lipinski definition) is 6. The first-order valence-corrected chi connectivity index (χ1v) is 13.7. The molecule has 2 heterocycles. The summed E-state index contributed by atoms with van der Waals surface area (Å²) < 4.78 is 36.7. The van der Waals surface area contributed by atoms with Gasteiger partial charge in [0.25, 0.3) is 0 Å². The van der Waals surface area contributed by atoms with Crippen molar-refractivity contribution in [2.24, 2.45) is 4.99 Å². The fourth-order valence-electron chi connectivity index (χ4n) is 3.58. The maximum Gasteiger partial charge on any atom is 0.248 e. The Morgan fingerprint density at radius 1 is 1.20 bits per heavy atom. The molecular formula is C20H27BrN2O5S2. The molecule has 1 amide bonds. The Hall–Kier alpha value is -1.26. The molecule has 2 aliphatic heterocycles. The topological polar surface area (TPSA) is 85.3 Å². The molecule has 0 spiro atoms. The zero-order valence-corrected chi connectivity index (χ0v) is 20.6. The number of nitrogens with zero attached hydrogens (tertiary/aromatic N) is 2. The molecule has 2 fully saturated rings. The van der Waals surface area contributed by atoms with Crippen molar-refractivity contribution in [3.63, 3.8) is 0 Å². The van der Waals surface area contributed by atoms with Gasteiger partial charge in [-0.25, -0.2) is 8.42 Å². The molecule has 0 radical (unpaired) electrons. The van der Waals surface area contributed by atoms with Gasteiger partial charge in [0.05, 0.1) is 36.4 Å². The third-order valence-electron chi connectivity index (χ3n) is 4.90. The second-order valence-electron chi connectivity index (χ2n) is 7.18. The number of fused-ring (bicyclic) bond motifs is 1. The molecule has 0 bridgehead atoms. The smallest absolute Gasteiger partial charge is 0.248 e. The first kappa shape index (κ1) is 23.4. The molecule has 2 saturated heterocycles. The third-order valence-corrected chi connectivity index (χ3v) is 8.75. The van der Waals surface area contributed by atoms with Crippen molar-refractivity contribution in [1.29, 1.82) is 0 Å². The number of carbonyl (C=O) groups is 1. The number of thioether (sulfide) groups is 1. The fraction of sp³-hybridized carbons (Fsp3) is 0.600. The van der Waals surface area contributed by atoms with E-state index >= 15 is 0 Å². The molecule has 2 unspecified atom stereocenters. The van der Waals surface area contributed by atoms with Crippen LogP contribution in [-0.4, -0.2) is 55.5 Å². The quantitative estimate of drug-likeness (QED) is 0.513. The first-order valence-electron chi connectivity index (χ1n) is 10.2. The Morgan fingerprint density at radius 3 is 2.50 bits per heavy atom. The minimum absolute atomic E-state index is 0.0382. The SMILES string of the molecule is CCCCC(=O)N=C1SC2CS(=O)(=O)CC2N1c1cc(OCC)c(OCC)cc1Br. The molecule has 1 aromatic rings. The minimum atomic E-state index is -3.14. The van der Waals surface area contributed by atoms with E-state index in [0.717, 1.165) is 23.0 Å². The van der Waals surface area contributed by atoms with Crippen LogP contribution in [0, 0.1) is 0 Å². The fourth-order valence-corrected chi connectivity index (χ4v) is 8.02. The normalized spacial score (nSPS) is 23.6. The van der Waals surface area contributed by atoms with Crippen molar-refractivity contribution >= 4 is 54.3 Å². The Kier molecular flexibility index (Phi) is 7.73. The van der Waals surface area contributed by atoms with Gasteiger partial charge in [-0.2, -0.15) is 4.99 Å². The summed E-state index contributed by atoms with van der Waals surface area (Å²) in [5, 5.41) is 0.398. The second-order valence-corrected chi connectivity index (χ2v) is 11.4. The number of amides is 1. The molecule has 0 N–H and O–H groups in total. The molecule has 0 aliphatic carbocycles. The van der Waals surface area contributed by atoms with E-state index in [0.29, 0.717) is 36.3 Å². The molecule has 30 heavy (non-hydrogen) atoms. The summed E-state index contributed by atoms with van der Waals surface area (Å²) in [7, 11) is -3.14. The lowest BCUT2D eigenvalue weighted by Crippen LogP contribution is -2.38. The van der Waals surface area contributed by atoms with E-state index < -0.39 is 9.84 Å². The highest BCUT2D eigenvalue weighted by atomic mass is 79.9. The van der Waals surface area contributed by atoms with Crippen molar-refractivity contribution in [2.75, 3.05) is 29.6 Å². The number of unbranched alkanes of at least 4 members (excludes halogenated alkanes) is 1. The summed E-state index contributed by atoms with van der Waals surface area (Å²) in [6, 6.07) is 3.38. The van der Waals surface area contributed by atoms with Crippen molar-refractivity contribution in [3.05, 3.63) is 16.6 Å². The van der Waals surface area contributed by atoms with Crippen LogP contribution in [0.15, 0.2) is 21.6 Å². The third kappa shape index (κ3) is 5.13. The van der Waals surface area contributed by atoms with E-state index in [1.54, 1.807) is 0 Å². The van der Waals surface area contributed by atoms with Gasteiger partial charge in [0, 0.05) is 28.3 Å². The van der Waals surface area contributed by atoms with Gasteiger partial charge in [-0.1, -0.05) is 25.1 Å². The van der Waals surface area contributed by atoms with Crippen LogP contribution >= 0.6 is 27.7 Å². The van der Waals surface area contributed by atoms with E-state index in [2.05, 4.69) is 20.9 Å². The average Bonchev–Trinajstić information content (AvgIpc) is 3.13. The Labute approximate surface area is 190 Å². The zero-order chi connectivity index (χ0) is 21.9. The minimum Gasteiger partial charge on any atom is -0.490 e. The van der Waals surface area contributed by atoms with Crippen LogP contribution in [0.5, 0.6) is 11.5 Å². The summed E-state index contributed by atoms with van der Waals surface area (Å²) >= 11 is 4.97. The van der Waals surface area contributed by atoms with Crippen LogP contribution in [0.2, 0.25) is 0 Å². The highest BCUT2D eigenvalue weighted by Gasteiger charge is 2.50. The molecule has 0 aromatic heterocycles. The van der Waals surface area contributed by atoms with Gasteiger partial charge in [-0.15, -0.1) is 0 Å². The van der Waals surface area contributed by atoms with E-state index in [9.17, 15) is 13.2 Å². The molecule has 3 rings (SSSR count). The van der Waals surface area contributed by atoms with Crippen LogP contribution in [-0.2, 0) is 14.6 Å². The first-order chi connectivity index (χ1) is 14.3. The van der Waals surface area contributed by atoms with Crippen LogP contribution in [0.4, 0.5) is 5.69 Å². The standard InChI is InChI=1S/C20H27BrN2O5S2/c1-4-7-8-19(24)22-20-23(15-11-30(25,26)12-18(15)29-20)14-10-17(28-6-3)16(27-5-2)9-13(14)21/h9-10,15,18H,4-8,11-12H2,1-3H3. The molecule has 7 nitrogen and oxygen atoms in total. The number of sulfone groups is 1. The Balaban J connectivity index is 2.04. The molecule has 2 aliphatic rings. The predicted molar refractivity (Wildman–Crippen MR) is 125 cm³/mol. The van der Waals surface area contributed by atoms with Gasteiger partial charge in [0.2, 0.25) is 5.91 Å². The van der Waals surface area contributed by atoms with Gasteiger partial charge in [-0.3, -0.25) is 4.79 Å². The number of carbonyl (C=O) groups excluding carboxylic acids is 1. The van der Waals surface area contributed by atoms with Crippen molar-refractivity contribution in [3.8, 4) is 11.5 Å². The zero-order valence-electron chi connectivity index (χ0n) is 17.4. The summed E-state index contributed by atoms with van der Waals surface area (Å²) in [6.45, 7) is 6.77. The van der Waals surface area contributed by atoms with Crippen LogP contribution < -0.4 is 14.4 Å². The molecule has 10 heteroatoms. The average molecular weight is 519 g/mol. The van der Waals surface area contributed by atoms with Gasteiger partial charge in [0.15, 0.2) is 26.5 Å². The number of ether oxygens (including phenoxy) is 2. The lowest BCUT2D eigenvalue weighted by atomic mass is 10.2. The Morgan fingerprint density at radius 2 is 1.87 bits per heavy atom. The summed E-state index contributed by atoms with van der Waals surface area (Å²) in [5.74, 6) is 1.13. The summed E-state index contributed by atoms with van der Waals surface area (Å²) in [6.07, 6.45) is 2.08. The predicted octanol–water partition coefficient (Wildman–Crippen LogP) is 4.04. The number of benzene rings is 1. The lowest BCUT2D eigenvalue weighted by Gasteiger charge is -2.27. The highest BCUT2D eigenvalue weighted by Crippen LogP contribution is 2.46. The van der Waals surface area contributed by atoms with Crippen molar-refractivity contribution in [2.45, 2.75) is 51.3 Å². The number of rotatable bonds is 8. The van der Waals surface area contributed by atoms with Gasteiger partial charge in [0.1, 0.15) is 0 Å². The number of anilines is 1. The van der Waals surface area contributed by atoms with Gasteiger partial charge >= 0.3 is 0 Å². The second kappa shape index (κ2) is 9.91. The number of amidine groups is 1. The molecule has 0 saturated carbocycles. The van der Waals surface area contributed by atoms with E-state index in [-0.39, 0.29) is 28.7 Å². The molecular weight excluding hydrogens is 492 g/mol. The summed E-state index contributed by atoms with van der Waals surface area (Å²) in [4.78, 5) is 18.6.